The lowest BCUT2D eigenvalue weighted by atomic mass is 10.0. The molecule has 0 N–H and O–H groups in total. The Morgan fingerprint density at radius 2 is 1.50 bits per heavy atom. The van der Waals surface area contributed by atoms with Gasteiger partial charge in [-0.05, 0) is 63.0 Å². The molecule has 0 amide bonds. The minimum atomic E-state index is -4.79. The summed E-state index contributed by atoms with van der Waals surface area (Å²) in [5.74, 6) is -0.430. The molecule has 0 aliphatic carbocycles. The van der Waals surface area contributed by atoms with Gasteiger partial charge in [0.05, 0.1) is 4.90 Å². The van der Waals surface area contributed by atoms with Gasteiger partial charge >= 0.3 is 6.36 Å². The number of ether oxygens (including phenoxy) is 1. The molecule has 26 heavy (non-hydrogen) atoms. The molecule has 1 aromatic carbocycles. The van der Waals surface area contributed by atoms with Crippen molar-refractivity contribution in [3.8, 4) is 5.75 Å². The number of rotatable bonds is 4. The normalized spacial score (nSPS) is 21.7. The molecule has 2 heterocycles. The molecule has 5 nitrogen and oxygen atoms in total. The van der Waals surface area contributed by atoms with Crippen LogP contribution in [-0.4, -0.2) is 56.2 Å². The molecule has 2 aliphatic rings. The summed E-state index contributed by atoms with van der Waals surface area (Å²) in [6.45, 7) is 3.03. The van der Waals surface area contributed by atoms with Crippen molar-refractivity contribution in [1.29, 1.82) is 0 Å². The van der Waals surface area contributed by atoms with Crippen molar-refractivity contribution in [3.05, 3.63) is 24.3 Å². The molecule has 2 aliphatic heterocycles. The number of likely N-dealkylation sites (tertiary alicyclic amines) is 1. The van der Waals surface area contributed by atoms with Crippen LogP contribution in [0.3, 0.4) is 0 Å². The first kappa shape index (κ1) is 19.4. The van der Waals surface area contributed by atoms with Gasteiger partial charge < -0.3 is 9.64 Å². The van der Waals surface area contributed by atoms with E-state index in [0.29, 0.717) is 19.1 Å². The van der Waals surface area contributed by atoms with Crippen LogP contribution in [0, 0.1) is 0 Å². The summed E-state index contributed by atoms with van der Waals surface area (Å²) in [4.78, 5) is 2.44. The minimum absolute atomic E-state index is 0.0107. The summed E-state index contributed by atoms with van der Waals surface area (Å²) in [6.07, 6.45) is 0.438. The maximum Gasteiger partial charge on any atom is 0.573 e. The van der Waals surface area contributed by atoms with Crippen molar-refractivity contribution >= 4 is 10.0 Å². The third kappa shape index (κ3) is 4.69. The Morgan fingerprint density at radius 3 is 2.04 bits per heavy atom. The molecule has 2 fully saturated rings. The highest BCUT2D eigenvalue weighted by atomic mass is 32.2. The van der Waals surface area contributed by atoms with Crippen LogP contribution < -0.4 is 4.74 Å². The monoisotopic (exact) mass is 392 g/mol. The van der Waals surface area contributed by atoms with Crippen LogP contribution in [0.2, 0.25) is 0 Å². The summed E-state index contributed by atoms with van der Waals surface area (Å²) >= 11 is 0. The molecule has 0 atom stereocenters. The number of alkyl halides is 3. The van der Waals surface area contributed by atoms with Gasteiger partial charge in [-0.2, -0.15) is 4.31 Å². The van der Waals surface area contributed by atoms with Gasteiger partial charge in [0.15, 0.2) is 0 Å². The second kappa shape index (κ2) is 7.74. The molecular formula is C17H23F3N2O3S. The maximum absolute atomic E-state index is 12.7. The average molecular weight is 392 g/mol. The van der Waals surface area contributed by atoms with Crippen LogP contribution in [0.15, 0.2) is 29.2 Å². The fourth-order valence-electron chi connectivity index (χ4n) is 3.69. The van der Waals surface area contributed by atoms with E-state index >= 15 is 0 Å². The standard InChI is InChI=1S/C17H23F3N2O3S/c18-17(19,20)25-15-4-6-16(7-5-15)26(23,24)22-12-8-14(9-13-22)21-10-2-1-3-11-21/h4-7,14H,1-3,8-13H2. The average Bonchev–Trinajstić information content (AvgIpc) is 2.62. The quantitative estimate of drug-likeness (QED) is 0.790. The predicted molar refractivity (Wildman–Crippen MR) is 90.3 cm³/mol. The summed E-state index contributed by atoms with van der Waals surface area (Å²) in [5.41, 5.74) is 0. The molecule has 0 saturated carbocycles. The van der Waals surface area contributed by atoms with Gasteiger partial charge in [-0.1, -0.05) is 6.42 Å². The highest BCUT2D eigenvalue weighted by Gasteiger charge is 2.33. The highest BCUT2D eigenvalue weighted by molar-refractivity contribution is 7.89. The van der Waals surface area contributed by atoms with E-state index in [1.54, 1.807) is 0 Å². The molecule has 146 valence electrons. The molecule has 0 spiro atoms. The van der Waals surface area contributed by atoms with Gasteiger partial charge in [0.1, 0.15) is 5.75 Å². The first-order valence-electron chi connectivity index (χ1n) is 8.86. The van der Waals surface area contributed by atoms with Gasteiger partial charge in [-0.25, -0.2) is 8.42 Å². The third-order valence-electron chi connectivity index (χ3n) is 5.03. The summed E-state index contributed by atoms with van der Waals surface area (Å²) < 4.78 is 67.3. The second-order valence-corrected chi connectivity index (χ2v) is 8.69. The number of sulfonamides is 1. The van der Waals surface area contributed by atoms with Gasteiger partial charge in [0.2, 0.25) is 10.0 Å². The first-order chi connectivity index (χ1) is 12.3. The second-order valence-electron chi connectivity index (χ2n) is 6.75. The van der Waals surface area contributed by atoms with E-state index in [4.69, 9.17) is 0 Å². The Balaban J connectivity index is 1.62. The molecule has 0 aromatic heterocycles. The fourth-order valence-corrected chi connectivity index (χ4v) is 5.16. The lowest BCUT2D eigenvalue weighted by molar-refractivity contribution is -0.274. The van der Waals surface area contributed by atoms with E-state index in [9.17, 15) is 21.6 Å². The van der Waals surface area contributed by atoms with E-state index in [0.717, 1.165) is 50.2 Å². The van der Waals surface area contributed by atoms with Crippen molar-refractivity contribution in [2.24, 2.45) is 0 Å². The topological polar surface area (TPSA) is 49.9 Å². The molecule has 1 aromatic rings. The lowest BCUT2D eigenvalue weighted by Gasteiger charge is -2.39. The van der Waals surface area contributed by atoms with Crippen LogP contribution in [0.5, 0.6) is 5.75 Å². The SMILES string of the molecule is O=S(=O)(c1ccc(OC(F)(F)F)cc1)N1CCC(N2CCCCC2)CC1. The summed E-state index contributed by atoms with van der Waals surface area (Å²) in [5, 5.41) is 0. The number of benzene rings is 1. The van der Waals surface area contributed by atoms with Crippen molar-refractivity contribution in [3.63, 3.8) is 0 Å². The number of halogens is 3. The van der Waals surface area contributed by atoms with Crippen molar-refractivity contribution in [1.82, 2.24) is 9.21 Å². The molecule has 0 bridgehead atoms. The zero-order valence-corrected chi connectivity index (χ0v) is 15.2. The van der Waals surface area contributed by atoms with E-state index in [2.05, 4.69) is 9.64 Å². The molecule has 0 unspecified atom stereocenters. The predicted octanol–water partition coefficient (Wildman–Crippen LogP) is 3.22. The third-order valence-corrected chi connectivity index (χ3v) is 6.94. The zero-order chi connectivity index (χ0) is 18.8. The van der Waals surface area contributed by atoms with E-state index < -0.39 is 22.1 Å². The largest absolute Gasteiger partial charge is 0.573 e. The Morgan fingerprint density at radius 1 is 0.923 bits per heavy atom. The number of hydrogen-bond acceptors (Lipinski definition) is 4. The summed E-state index contributed by atoms with van der Waals surface area (Å²) in [6, 6.07) is 4.80. The molecular weight excluding hydrogens is 369 g/mol. The molecule has 0 radical (unpaired) electrons. The highest BCUT2D eigenvalue weighted by Crippen LogP contribution is 2.27. The lowest BCUT2D eigenvalue weighted by Crippen LogP contribution is -2.48. The van der Waals surface area contributed by atoms with Crippen LogP contribution in [0.1, 0.15) is 32.1 Å². The van der Waals surface area contributed by atoms with Crippen LogP contribution in [0.25, 0.3) is 0 Å². The molecule has 3 rings (SSSR count). The Bertz CT molecular complexity index is 693. The number of hydrogen-bond donors (Lipinski definition) is 0. The van der Waals surface area contributed by atoms with Gasteiger partial charge in [-0.15, -0.1) is 13.2 Å². The summed E-state index contributed by atoms with van der Waals surface area (Å²) in [7, 11) is -3.70. The Kier molecular flexibility index (Phi) is 5.78. The smallest absolute Gasteiger partial charge is 0.406 e. The minimum Gasteiger partial charge on any atom is -0.406 e. The van der Waals surface area contributed by atoms with Crippen LogP contribution >= 0.6 is 0 Å². The van der Waals surface area contributed by atoms with Crippen molar-refractivity contribution in [2.45, 2.75) is 49.4 Å². The fraction of sp³-hybridized carbons (Fsp3) is 0.647. The Labute approximate surface area is 151 Å². The first-order valence-corrected chi connectivity index (χ1v) is 10.3. The number of nitrogens with zero attached hydrogens (tertiary/aromatic N) is 2. The maximum atomic E-state index is 12.7. The van der Waals surface area contributed by atoms with Crippen LogP contribution in [0.4, 0.5) is 13.2 Å². The van der Waals surface area contributed by atoms with E-state index in [1.165, 1.54) is 23.6 Å². The van der Waals surface area contributed by atoms with Crippen molar-refractivity contribution < 1.29 is 26.3 Å². The molecule has 9 heteroatoms. The van der Waals surface area contributed by atoms with E-state index in [1.807, 2.05) is 0 Å². The van der Waals surface area contributed by atoms with Crippen molar-refractivity contribution in [2.75, 3.05) is 26.2 Å². The van der Waals surface area contributed by atoms with Crippen LogP contribution in [-0.2, 0) is 10.0 Å². The zero-order valence-electron chi connectivity index (χ0n) is 14.4. The van der Waals surface area contributed by atoms with E-state index in [-0.39, 0.29) is 4.90 Å². The number of piperidine rings is 2. The molecule has 2 saturated heterocycles. The van der Waals surface area contributed by atoms with Gasteiger partial charge in [0.25, 0.3) is 0 Å². The van der Waals surface area contributed by atoms with Gasteiger partial charge in [-0.3, -0.25) is 0 Å². The van der Waals surface area contributed by atoms with Gasteiger partial charge in [0, 0.05) is 19.1 Å². The Hall–Kier alpha value is -1.32.